The second kappa shape index (κ2) is 8.25. The van der Waals surface area contributed by atoms with Crippen LogP contribution in [0.3, 0.4) is 0 Å². The molecule has 0 atom stereocenters. The van der Waals surface area contributed by atoms with E-state index in [0.29, 0.717) is 12.3 Å². The van der Waals surface area contributed by atoms with E-state index in [9.17, 15) is 4.79 Å². The van der Waals surface area contributed by atoms with E-state index >= 15 is 0 Å². The number of methoxy groups -OCH3 is 1. The van der Waals surface area contributed by atoms with Crippen LogP contribution in [0.5, 0.6) is 5.75 Å². The molecule has 0 fully saturated rings. The van der Waals surface area contributed by atoms with E-state index < -0.39 is 0 Å². The summed E-state index contributed by atoms with van der Waals surface area (Å²) in [5.74, 6) is 1.26. The zero-order chi connectivity index (χ0) is 15.9. The van der Waals surface area contributed by atoms with Gasteiger partial charge in [0.2, 0.25) is 5.91 Å². The average Bonchev–Trinajstić information content (AvgIpc) is 2.52. The Kier molecular flexibility index (Phi) is 6.34. The Morgan fingerprint density at radius 1 is 1.23 bits per heavy atom. The molecule has 0 spiro atoms. The number of aryl methyl sites for hydroxylation is 1. The molecule has 1 N–H and O–H groups in total. The lowest BCUT2D eigenvalue weighted by Gasteiger charge is -2.08. The summed E-state index contributed by atoms with van der Waals surface area (Å²) in [6.45, 7) is 2.57. The summed E-state index contributed by atoms with van der Waals surface area (Å²) < 4.78 is 6.16. The molecule has 2 aromatic rings. The molecule has 0 bridgehead atoms. The summed E-state index contributed by atoms with van der Waals surface area (Å²) >= 11 is 4.99. The third-order valence-corrected chi connectivity index (χ3v) is 4.81. The highest BCUT2D eigenvalue weighted by Gasteiger charge is 2.05. The van der Waals surface area contributed by atoms with Crippen LogP contribution in [0, 0.1) is 6.92 Å². The van der Waals surface area contributed by atoms with Gasteiger partial charge in [0.15, 0.2) is 0 Å². The van der Waals surface area contributed by atoms with Crippen molar-refractivity contribution in [3.8, 4) is 5.75 Å². The summed E-state index contributed by atoms with van der Waals surface area (Å²) in [5, 5.41) is 2.93. The van der Waals surface area contributed by atoms with Gasteiger partial charge in [0.05, 0.1) is 12.9 Å². The minimum absolute atomic E-state index is 0.0307. The number of carbonyl (C=O) groups is 1. The normalized spacial score (nSPS) is 10.3. The fraction of sp³-hybridized carbons (Fsp3) is 0.235. The first-order valence-corrected chi connectivity index (χ1v) is 8.65. The van der Waals surface area contributed by atoms with Gasteiger partial charge in [0.1, 0.15) is 5.75 Å². The number of halogens is 1. The first-order valence-electron chi connectivity index (χ1n) is 6.87. The van der Waals surface area contributed by atoms with Gasteiger partial charge in [-0.1, -0.05) is 28.1 Å². The van der Waals surface area contributed by atoms with Crippen molar-refractivity contribution in [3.05, 3.63) is 58.1 Å². The number of carbonyl (C=O) groups excluding carboxylic acids is 1. The van der Waals surface area contributed by atoms with Crippen LogP contribution in [0.4, 0.5) is 0 Å². The molecule has 0 aliphatic carbocycles. The van der Waals surface area contributed by atoms with Crippen LogP contribution in [0.1, 0.15) is 11.1 Å². The average molecular weight is 380 g/mol. The molecule has 0 radical (unpaired) electrons. The van der Waals surface area contributed by atoms with E-state index in [2.05, 4.69) is 27.3 Å². The van der Waals surface area contributed by atoms with Gasteiger partial charge in [0, 0.05) is 15.9 Å². The number of thioether (sulfide) groups is 1. The molecule has 0 aliphatic rings. The largest absolute Gasteiger partial charge is 0.497 e. The summed E-state index contributed by atoms with van der Waals surface area (Å²) in [4.78, 5) is 13.1. The third kappa shape index (κ3) is 5.07. The fourth-order valence-electron chi connectivity index (χ4n) is 1.91. The lowest BCUT2D eigenvalue weighted by atomic mass is 10.2. The molecular weight excluding hydrogens is 362 g/mol. The fourth-order valence-corrected chi connectivity index (χ4v) is 3.23. The Labute approximate surface area is 143 Å². The molecule has 0 aliphatic heterocycles. The molecule has 0 unspecified atom stereocenters. The Morgan fingerprint density at radius 2 is 1.95 bits per heavy atom. The molecule has 3 nitrogen and oxygen atoms in total. The number of ether oxygens (including phenoxy) is 1. The minimum atomic E-state index is 0.0307. The van der Waals surface area contributed by atoms with Crippen molar-refractivity contribution in [1.82, 2.24) is 5.32 Å². The van der Waals surface area contributed by atoms with Gasteiger partial charge in [-0.15, -0.1) is 11.8 Å². The maximum Gasteiger partial charge on any atom is 0.230 e. The van der Waals surface area contributed by atoms with Crippen molar-refractivity contribution >= 4 is 33.6 Å². The highest BCUT2D eigenvalue weighted by molar-refractivity contribution is 9.10. The van der Waals surface area contributed by atoms with Crippen LogP contribution in [-0.4, -0.2) is 18.8 Å². The van der Waals surface area contributed by atoms with E-state index in [0.717, 1.165) is 20.7 Å². The van der Waals surface area contributed by atoms with Gasteiger partial charge in [-0.3, -0.25) is 4.79 Å². The van der Waals surface area contributed by atoms with Crippen molar-refractivity contribution in [3.63, 3.8) is 0 Å². The number of hydrogen-bond acceptors (Lipinski definition) is 3. The summed E-state index contributed by atoms with van der Waals surface area (Å²) in [7, 11) is 1.64. The number of nitrogens with one attached hydrogen (secondary N) is 1. The number of hydrogen-bond donors (Lipinski definition) is 1. The second-order valence-electron chi connectivity index (χ2n) is 4.82. The standard InChI is InChI=1S/C17H18BrNO2S/c1-12-9-14(18)5-8-16(12)22-11-17(20)19-10-13-3-6-15(21-2)7-4-13/h3-9H,10-11H2,1-2H3,(H,19,20). The highest BCUT2D eigenvalue weighted by atomic mass is 79.9. The van der Waals surface area contributed by atoms with E-state index in [1.807, 2.05) is 43.3 Å². The molecule has 0 saturated heterocycles. The molecule has 116 valence electrons. The van der Waals surface area contributed by atoms with Crippen LogP contribution < -0.4 is 10.1 Å². The zero-order valence-electron chi connectivity index (χ0n) is 12.6. The van der Waals surface area contributed by atoms with Crippen molar-refractivity contribution in [2.45, 2.75) is 18.4 Å². The second-order valence-corrected chi connectivity index (χ2v) is 6.76. The summed E-state index contributed by atoms with van der Waals surface area (Å²) in [5.41, 5.74) is 2.22. The molecule has 2 aromatic carbocycles. The maximum absolute atomic E-state index is 11.9. The van der Waals surface area contributed by atoms with Crippen LogP contribution in [0.15, 0.2) is 51.8 Å². The van der Waals surface area contributed by atoms with Crippen LogP contribution in [0.25, 0.3) is 0 Å². The Morgan fingerprint density at radius 3 is 2.59 bits per heavy atom. The lowest BCUT2D eigenvalue weighted by Crippen LogP contribution is -2.24. The molecule has 0 saturated carbocycles. The lowest BCUT2D eigenvalue weighted by molar-refractivity contribution is -0.118. The Bertz CT molecular complexity index is 644. The molecule has 1 amide bonds. The Balaban J connectivity index is 1.80. The van der Waals surface area contributed by atoms with E-state index in [1.165, 1.54) is 5.56 Å². The molecule has 5 heteroatoms. The number of rotatable bonds is 6. The molecule has 0 heterocycles. The van der Waals surface area contributed by atoms with E-state index in [1.54, 1.807) is 18.9 Å². The molecule has 22 heavy (non-hydrogen) atoms. The first-order chi connectivity index (χ1) is 10.6. The van der Waals surface area contributed by atoms with Crippen LogP contribution in [-0.2, 0) is 11.3 Å². The van der Waals surface area contributed by atoms with Crippen molar-refractivity contribution in [1.29, 1.82) is 0 Å². The minimum Gasteiger partial charge on any atom is -0.497 e. The van der Waals surface area contributed by atoms with Crippen LogP contribution in [0.2, 0.25) is 0 Å². The maximum atomic E-state index is 11.9. The topological polar surface area (TPSA) is 38.3 Å². The molecular formula is C17H18BrNO2S. The zero-order valence-corrected chi connectivity index (χ0v) is 15.0. The van der Waals surface area contributed by atoms with Gasteiger partial charge in [0.25, 0.3) is 0 Å². The van der Waals surface area contributed by atoms with Gasteiger partial charge in [-0.05, 0) is 48.4 Å². The first kappa shape index (κ1) is 16.9. The monoisotopic (exact) mass is 379 g/mol. The van der Waals surface area contributed by atoms with E-state index in [4.69, 9.17) is 4.74 Å². The summed E-state index contributed by atoms with van der Waals surface area (Å²) in [6, 6.07) is 13.8. The highest BCUT2D eigenvalue weighted by Crippen LogP contribution is 2.25. The van der Waals surface area contributed by atoms with Gasteiger partial charge >= 0.3 is 0 Å². The van der Waals surface area contributed by atoms with Crippen molar-refractivity contribution < 1.29 is 9.53 Å². The van der Waals surface area contributed by atoms with Crippen molar-refractivity contribution in [2.75, 3.05) is 12.9 Å². The van der Waals surface area contributed by atoms with Gasteiger partial charge in [-0.25, -0.2) is 0 Å². The molecule has 2 rings (SSSR count). The predicted octanol–water partition coefficient (Wildman–Crippen LogP) is 4.17. The quantitative estimate of drug-likeness (QED) is 0.765. The van der Waals surface area contributed by atoms with Gasteiger partial charge in [-0.2, -0.15) is 0 Å². The smallest absolute Gasteiger partial charge is 0.230 e. The Hall–Kier alpha value is -1.46. The van der Waals surface area contributed by atoms with E-state index in [-0.39, 0.29) is 5.91 Å². The molecule has 0 aromatic heterocycles. The third-order valence-electron chi connectivity index (χ3n) is 3.14. The number of amides is 1. The predicted molar refractivity (Wildman–Crippen MR) is 94.4 cm³/mol. The van der Waals surface area contributed by atoms with Gasteiger partial charge < -0.3 is 10.1 Å². The SMILES string of the molecule is COc1ccc(CNC(=O)CSc2ccc(Br)cc2C)cc1. The summed E-state index contributed by atoms with van der Waals surface area (Å²) in [6.07, 6.45) is 0. The number of benzene rings is 2. The van der Waals surface area contributed by atoms with Crippen LogP contribution >= 0.6 is 27.7 Å². The van der Waals surface area contributed by atoms with Crippen molar-refractivity contribution in [2.24, 2.45) is 0 Å².